The minimum atomic E-state index is 0. The van der Waals surface area contributed by atoms with Crippen LogP contribution >= 0.6 is 7.92 Å². The SMILES string of the molecule is CCCP(CCC)c1cc2ccccc2[cH-]1.Cc1c(C)c(C)[c-](C)c1C.[Cl-].[Cl-].[Hf+4]. The van der Waals surface area contributed by atoms with Gasteiger partial charge in [0.25, 0.3) is 0 Å². The molecule has 0 amide bonds. The summed E-state index contributed by atoms with van der Waals surface area (Å²) in [5.74, 6) is 0. The number of hydrogen-bond acceptors (Lipinski definition) is 0. The van der Waals surface area contributed by atoms with E-state index in [1.165, 1.54) is 63.8 Å². The van der Waals surface area contributed by atoms with Crippen LogP contribution in [0.15, 0.2) is 36.4 Å². The van der Waals surface area contributed by atoms with Gasteiger partial charge in [-0.2, -0.15) is 33.9 Å². The van der Waals surface area contributed by atoms with Crippen LogP contribution in [0.25, 0.3) is 10.8 Å². The van der Waals surface area contributed by atoms with Crippen molar-refractivity contribution in [1.82, 2.24) is 0 Å². The van der Waals surface area contributed by atoms with Crippen LogP contribution in [-0.2, 0) is 25.8 Å². The van der Waals surface area contributed by atoms with Crippen LogP contribution in [0.4, 0.5) is 0 Å². The molecule has 29 heavy (non-hydrogen) atoms. The quantitative estimate of drug-likeness (QED) is 0.232. The number of fused-ring (bicyclic) bond motifs is 1. The summed E-state index contributed by atoms with van der Waals surface area (Å²) >= 11 is 0. The van der Waals surface area contributed by atoms with Crippen LogP contribution in [0.3, 0.4) is 0 Å². The molecule has 0 fully saturated rings. The molecule has 0 heterocycles. The summed E-state index contributed by atoms with van der Waals surface area (Å²) < 4.78 is 0. The molecule has 0 atom stereocenters. The second-order valence-electron chi connectivity index (χ2n) is 7.45. The molecule has 0 aliphatic rings. The van der Waals surface area contributed by atoms with Gasteiger partial charge in [-0.1, -0.05) is 75.3 Å². The molecule has 0 bridgehead atoms. The van der Waals surface area contributed by atoms with Gasteiger partial charge in [-0.25, -0.2) is 0 Å². The molecule has 3 aromatic carbocycles. The third kappa shape index (κ3) is 7.92. The normalized spacial score (nSPS) is 9.93. The fraction of sp³-hybridized carbons (Fsp3) is 0.440. The van der Waals surface area contributed by atoms with Crippen molar-refractivity contribution in [2.45, 2.75) is 61.3 Å². The molecule has 0 N–H and O–H groups in total. The van der Waals surface area contributed by atoms with Gasteiger partial charge >= 0.3 is 25.8 Å². The zero-order chi connectivity index (χ0) is 19.3. The maximum absolute atomic E-state index is 2.41. The van der Waals surface area contributed by atoms with Gasteiger partial charge in [-0.05, 0) is 12.3 Å². The summed E-state index contributed by atoms with van der Waals surface area (Å²) in [6, 6.07) is 13.5. The van der Waals surface area contributed by atoms with Crippen molar-refractivity contribution in [3.05, 3.63) is 64.2 Å². The number of hydrogen-bond donors (Lipinski definition) is 0. The van der Waals surface area contributed by atoms with E-state index in [1.54, 1.807) is 5.30 Å². The average Bonchev–Trinajstić information content (AvgIpc) is 3.15. The topological polar surface area (TPSA) is 0 Å². The Bertz CT molecular complexity index is 729. The van der Waals surface area contributed by atoms with E-state index in [1.807, 2.05) is 0 Å². The number of benzene rings is 1. The zero-order valence-corrected chi connectivity index (χ0v) is 25.0. The standard InChI is InChI=1S/C15H20P.C10H15.2ClH.Hf/c1-3-9-16(10-4-2)15-11-13-7-5-6-8-14(13)12-15;1-6-7(2)9(4)10(5)8(6)3;;;/h5-8,11-12H,3-4,9-10H2,1-2H3;1-5H3;2*1H;/q2*-1;;;+4/p-2. The van der Waals surface area contributed by atoms with Gasteiger partial charge in [0.1, 0.15) is 0 Å². The molecule has 0 aliphatic carbocycles. The van der Waals surface area contributed by atoms with Crippen LogP contribution in [0, 0.1) is 34.6 Å². The number of rotatable bonds is 5. The first-order valence-corrected chi connectivity index (χ1v) is 11.7. The molecule has 4 heteroatoms. The molecule has 3 aromatic rings. The van der Waals surface area contributed by atoms with Gasteiger partial charge in [0.05, 0.1) is 0 Å². The molecule has 0 nitrogen and oxygen atoms in total. The van der Waals surface area contributed by atoms with E-state index in [-0.39, 0.29) is 58.6 Å². The predicted octanol–water partition coefficient (Wildman–Crippen LogP) is 1.44. The van der Waals surface area contributed by atoms with Gasteiger partial charge in [-0.15, -0.1) is 40.3 Å². The van der Waals surface area contributed by atoms with Crippen LogP contribution in [-0.4, -0.2) is 12.3 Å². The van der Waals surface area contributed by atoms with Gasteiger partial charge in [-0.3, -0.25) is 0 Å². The van der Waals surface area contributed by atoms with E-state index < -0.39 is 0 Å². The molecule has 0 radical (unpaired) electrons. The van der Waals surface area contributed by atoms with E-state index in [9.17, 15) is 0 Å². The van der Waals surface area contributed by atoms with E-state index >= 15 is 0 Å². The maximum atomic E-state index is 2.41. The Hall–Kier alpha value is 0.0601. The van der Waals surface area contributed by atoms with Gasteiger partial charge in [0.2, 0.25) is 0 Å². The van der Waals surface area contributed by atoms with Crippen molar-refractivity contribution in [2.24, 2.45) is 0 Å². The minimum absolute atomic E-state index is 0. The smallest absolute Gasteiger partial charge is 1.00 e. The molecule has 0 aromatic heterocycles. The Balaban J connectivity index is 0. The second-order valence-corrected chi connectivity index (χ2v) is 9.95. The van der Waals surface area contributed by atoms with Gasteiger partial charge < -0.3 is 24.8 Å². The fourth-order valence-corrected chi connectivity index (χ4v) is 6.10. The molecule has 0 unspecified atom stereocenters. The van der Waals surface area contributed by atoms with Crippen molar-refractivity contribution >= 4 is 24.0 Å². The largest absolute Gasteiger partial charge is 4.00 e. The Labute approximate surface area is 211 Å². The summed E-state index contributed by atoms with van der Waals surface area (Å²) in [5, 5.41) is 4.44. The van der Waals surface area contributed by atoms with E-state index in [0.29, 0.717) is 0 Å². The molecule has 0 aliphatic heterocycles. The van der Waals surface area contributed by atoms with Crippen LogP contribution in [0.5, 0.6) is 0 Å². The van der Waals surface area contributed by atoms with Crippen molar-refractivity contribution in [3.8, 4) is 0 Å². The van der Waals surface area contributed by atoms with Crippen LogP contribution in [0.1, 0.15) is 54.5 Å². The number of halogens is 2. The Morgan fingerprint density at radius 2 is 1.34 bits per heavy atom. The van der Waals surface area contributed by atoms with Crippen molar-refractivity contribution < 1.29 is 50.7 Å². The van der Waals surface area contributed by atoms with E-state index in [0.717, 1.165) is 0 Å². The third-order valence-corrected chi connectivity index (χ3v) is 8.73. The Kier molecular flexibility index (Phi) is 16.1. The monoisotopic (exact) mass is 616 g/mol. The summed E-state index contributed by atoms with van der Waals surface area (Å²) in [6.07, 6.45) is 5.40. The first-order chi connectivity index (χ1) is 12.4. The second kappa shape index (κ2) is 15.0. The predicted molar refractivity (Wildman–Crippen MR) is 122 cm³/mol. The molecule has 0 spiro atoms. The van der Waals surface area contributed by atoms with Crippen LogP contribution in [0.2, 0.25) is 0 Å². The zero-order valence-electron chi connectivity index (χ0n) is 19.0. The average molecular weight is 616 g/mol. The fourth-order valence-electron chi connectivity index (χ4n) is 3.63. The summed E-state index contributed by atoms with van der Waals surface area (Å²) in [7, 11) is 0.0972. The van der Waals surface area contributed by atoms with Gasteiger partial charge in [0, 0.05) is 0 Å². The summed E-state index contributed by atoms with van der Waals surface area (Å²) in [5.41, 5.74) is 7.34. The van der Waals surface area contributed by atoms with Gasteiger partial charge in [0.15, 0.2) is 0 Å². The third-order valence-electron chi connectivity index (χ3n) is 5.77. The van der Waals surface area contributed by atoms with Crippen molar-refractivity contribution in [2.75, 3.05) is 12.3 Å². The molecule has 0 saturated carbocycles. The first-order valence-electron chi connectivity index (χ1n) is 10.0. The Morgan fingerprint density at radius 1 is 0.862 bits per heavy atom. The molecule has 0 saturated heterocycles. The molecular weight excluding hydrogens is 581 g/mol. The van der Waals surface area contributed by atoms with E-state index in [4.69, 9.17) is 0 Å². The minimum Gasteiger partial charge on any atom is -1.00 e. The van der Waals surface area contributed by atoms with E-state index in [2.05, 4.69) is 84.9 Å². The first kappa shape index (κ1) is 31.2. The summed E-state index contributed by atoms with van der Waals surface area (Å²) in [4.78, 5) is 0. The maximum Gasteiger partial charge on any atom is 4.00 e. The summed E-state index contributed by atoms with van der Waals surface area (Å²) in [6.45, 7) is 15.6. The molecule has 3 rings (SSSR count). The Morgan fingerprint density at radius 3 is 1.72 bits per heavy atom. The van der Waals surface area contributed by atoms with Crippen LogP contribution < -0.4 is 30.1 Å². The van der Waals surface area contributed by atoms with Crippen molar-refractivity contribution in [1.29, 1.82) is 0 Å². The molecule has 158 valence electrons. The van der Waals surface area contributed by atoms with Crippen molar-refractivity contribution in [3.63, 3.8) is 0 Å². The molecular formula is C25H35Cl2HfP.